The fourth-order valence-corrected chi connectivity index (χ4v) is 3.01. The number of hydrogen-bond acceptors (Lipinski definition) is 3. The van der Waals surface area contributed by atoms with Gasteiger partial charge in [0.25, 0.3) is 5.91 Å². The zero-order chi connectivity index (χ0) is 17.8. The van der Waals surface area contributed by atoms with Crippen LogP contribution in [0, 0.1) is 0 Å². The molecule has 1 aromatic heterocycles. The van der Waals surface area contributed by atoms with Crippen LogP contribution in [-0.4, -0.2) is 12.1 Å². The minimum absolute atomic E-state index is 0.315. The second-order valence-electron chi connectivity index (χ2n) is 5.04. The number of halogens is 3. The molecule has 1 heterocycles. The van der Waals surface area contributed by atoms with E-state index in [2.05, 4.69) is 26.5 Å². The van der Waals surface area contributed by atoms with Crippen molar-refractivity contribution in [2.45, 2.75) is 0 Å². The first-order valence-electron chi connectivity index (χ1n) is 7.17. The molecule has 7 heteroatoms. The van der Waals surface area contributed by atoms with E-state index in [9.17, 15) is 4.79 Å². The Bertz CT molecular complexity index is 954. The van der Waals surface area contributed by atoms with Crippen molar-refractivity contribution in [3.05, 3.63) is 80.4 Å². The van der Waals surface area contributed by atoms with Crippen LogP contribution < -0.4 is 5.43 Å². The van der Waals surface area contributed by atoms with Gasteiger partial charge in [0, 0.05) is 20.6 Å². The van der Waals surface area contributed by atoms with Crippen LogP contribution in [0.3, 0.4) is 0 Å². The fraction of sp³-hybridized carbons (Fsp3) is 0. The average molecular weight is 438 g/mol. The molecule has 0 spiro atoms. The molecule has 3 aromatic rings. The van der Waals surface area contributed by atoms with Crippen LogP contribution in [0.5, 0.6) is 0 Å². The van der Waals surface area contributed by atoms with Crippen molar-refractivity contribution in [2.24, 2.45) is 5.10 Å². The summed E-state index contributed by atoms with van der Waals surface area (Å²) in [7, 11) is 0. The number of hydrogen-bond donors (Lipinski definition) is 1. The molecule has 0 radical (unpaired) electrons. The molecule has 0 aliphatic heterocycles. The van der Waals surface area contributed by atoms with Gasteiger partial charge in [-0.15, -0.1) is 0 Å². The third-order valence-electron chi connectivity index (χ3n) is 3.27. The molecule has 0 bridgehead atoms. The summed E-state index contributed by atoms with van der Waals surface area (Å²) < 4.78 is 6.48. The van der Waals surface area contributed by atoms with Gasteiger partial charge < -0.3 is 4.42 Å². The zero-order valence-electron chi connectivity index (χ0n) is 12.7. The van der Waals surface area contributed by atoms with Gasteiger partial charge in [0.15, 0.2) is 0 Å². The smallest absolute Gasteiger partial charge is 0.271 e. The lowest BCUT2D eigenvalue weighted by Crippen LogP contribution is -2.17. The average Bonchev–Trinajstić information content (AvgIpc) is 3.03. The lowest BCUT2D eigenvalue weighted by molar-refractivity contribution is 0.0955. The van der Waals surface area contributed by atoms with Crippen molar-refractivity contribution in [1.29, 1.82) is 0 Å². The standard InChI is InChI=1S/C18H11BrCl2N2O2/c19-12-3-1-2-11(8-12)18(24)23-22-10-14-5-7-17(25-14)15-6-4-13(20)9-16(15)21/h1-10H,(H,23,24)/b22-10+. The molecule has 1 amide bonds. The number of carbonyl (C=O) groups is 1. The Labute approximate surface area is 162 Å². The lowest BCUT2D eigenvalue weighted by Gasteiger charge is -2.01. The van der Waals surface area contributed by atoms with Crippen molar-refractivity contribution in [1.82, 2.24) is 5.43 Å². The van der Waals surface area contributed by atoms with Crippen molar-refractivity contribution in [2.75, 3.05) is 0 Å². The summed E-state index contributed by atoms with van der Waals surface area (Å²) in [4.78, 5) is 12.0. The molecule has 0 atom stereocenters. The van der Waals surface area contributed by atoms with Crippen molar-refractivity contribution in [3.63, 3.8) is 0 Å². The molecule has 2 aromatic carbocycles. The second-order valence-corrected chi connectivity index (χ2v) is 6.79. The molecular weight excluding hydrogens is 427 g/mol. The number of benzene rings is 2. The highest BCUT2D eigenvalue weighted by Gasteiger charge is 2.09. The van der Waals surface area contributed by atoms with E-state index in [4.69, 9.17) is 27.6 Å². The van der Waals surface area contributed by atoms with E-state index in [1.54, 1.807) is 48.5 Å². The Morgan fingerprint density at radius 2 is 1.96 bits per heavy atom. The Morgan fingerprint density at radius 3 is 2.72 bits per heavy atom. The molecule has 3 rings (SSSR count). The molecule has 4 nitrogen and oxygen atoms in total. The molecular formula is C18H11BrCl2N2O2. The molecule has 0 aliphatic rings. The number of amides is 1. The predicted molar refractivity (Wildman–Crippen MR) is 103 cm³/mol. The molecule has 0 saturated heterocycles. The number of nitrogens with one attached hydrogen (secondary N) is 1. The van der Waals surface area contributed by atoms with Gasteiger partial charge in [-0.2, -0.15) is 5.10 Å². The lowest BCUT2D eigenvalue weighted by atomic mass is 10.2. The monoisotopic (exact) mass is 436 g/mol. The topological polar surface area (TPSA) is 54.6 Å². The Balaban J connectivity index is 1.69. The number of nitrogens with zero attached hydrogens (tertiary/aromatic N) is 1. The molecule has 0 unspecified atom stereocenters. The quantitative estimate of drug-likeness (QED) is 0.415. The van der Waals surface area contributed by atoms with Crippen LogP contribution in [0.1, 0.15) is 16.1 Å². The summed E-state index contributed by atoms with van der Waals surface area (Å²) in [6.45, 7) is 0. The van der Waals surface area contributed by atoms with Crippen LogP contribution in [0.2, 0.25) is 10.0 Å². The molecule has 25 heavy (non-hydrogen) atoms. The molecule has 0 aliphatic carbocycles. The van der Waals surface area contributed by atoms with Crippen LogP contribution in [0.25, 0.3) is 11.3 Å². The van der Waals surface area contributed by atoms with Crippen LogP contribution in [0.4, 0.5) is 0 Å². The summed E-state index contributed by atoms with van der Waals surface area (Å²) in [6.07, 6.45) is 1.42. The Morgan fingerprint density at radius 1 is 1.12 bits per heavy atom. The van der Waals surface area contributed by atoms with E-state index in [0.717, 1.165) is 10.0 Å². The first-order valence-corrected chi connectivity index (χ1v) is 8.72. The maximum atomic E-state index is 12.0. The third kappa shape index (κ3) is 4.51. The summed E-state index contributed by atoms with van der Waals surface area (Å²) in [5, 5.41) is 4.95. The van der Waals surface area contributed by atoms with Gasteiger partial charge in [0.05, 0.1) is 11.2 Å². The summed E-state index contributed by atoms with van der Waals surface area (Å²) in [5.74, 6) is 0.752. The molecule has 1 N–H and O–H groups in total. The van der Waals surface area contributed by atoms with E-state index in [-0.39, 0.29) is 5.91 Å². The maximum absolute atomic E-state index is 12.0. The van der Waals surface area contributed by atoms with Crippen molar-refractivity contribution < 1.29 is 9.21 Å². The van der Waals surface area contributed by atoms with Gasteiger partial charge in [-0.25, -0.2) is 5.43 Å². The van der Waals surface area contributed by atoms with E-state index in [0.29, 0.717) is 27.1 Å². The summed E-state index contributed by atoms with van der Waals surface area (Å²) >= 11 is 15.4. The highest BCUT2D eigenvalue weighted by Crippen LogP contribution is 2.31. The summed E-state index contributed by atoms with van der Waals surface area (Å²) in [5.41, 5.74) is 3.67. The van der Waals surface area contributed by atoms with Crippen molar-refractivity contribution >= 4 is 51.3 Å². The number of rotatable bonds is 4. The van der Waals surface area contributed by atoms with Gasteiger partial charge in [-0.3, -0.25) is 4.79 Å². The minimum Gasteiger partial charge on any atom is -0.455 e. The van der Waals surface area contributed by atoms with E-state index < -0.39 is 0 Å². The van der Waals surface area contributed by atoms with Gasteiger partial charge in [-0.1, -0.05) is 45.2 Å². The minimum atomic E-state index is -0.315. The molecule has 0 saturated carbocycles. The zero-order valence-corrected chi connectivity index (χ0v) is 15.8. The third-order valence-corrected chi connectivity index (χ3v) is 4.31. The van der Waals surface area contributed by atoms with E-state index >= 15 is 0 Å². The highest BCUT2D eigenvalue weighted by atomic mass is 79.9. The van der Waals surface area contributed by atoms with Gasteiger partial charge in [-0.05, 0) is 48.5 Å². The number of carbonyl (C=O) groups excluding carboxylic acids is 1. The number of furan rings is 1. The highest BCUT2D eigenvalue weighted by molar-refractivity contribution is 9.10. The van der Waals surface area contributed by atoms with E-state index in [1.807, 2.05) is 6.07 Å². The van der Waals surface area contributed by atoms with Crippen molar-refractivity contribution in [3.8, 4) is 11.3 Å². The van der Waals surface area contributed by atoms with Gasteiger partial charge in [0.2, 0.25) is 0 Å². The van der Waals surface area contributed by atoms with Gasteiger partial charge >= 0.3 is 0 Å². The van der Waals surface area contributed by atoms with Gasteiger partial charge in [0.1, 0.15) is 11.5 Å². The molecule has 126 valence electrons. The SMILES string of the molecule is O=C(N/N=C/c1ccc(-c2ccc(Cl)cc2Cl)o1)c1cccc(Br)c1. The van der Waals surface area contributed by atoms with E-state index in [1.165, 1.54) is 6.21 Å². The largest absolute Gasteiger partial charge is 0.455 e. The van der Waals surface area contributed by atoms with Crippen LogP contribution >= 0.6 is 39.1 Å². The normalized spacial score (nSPS) is 11.0. The second kappa shape index (κ2) is 7.87. The Kier molecular flexibility index (Phi) is 5.58. The fourth-order valence-electron chi connectivity index (χ4n) is 2.11. The maximum Gasteiger partial charge on any atom is 0.271 e. The molecule has 0 fully saturated rings. The number of hydrazone groups is 1. The Hall–Kier alpha value is -2.08. The predicted octanol–water partition coefficient (Wildman–Crippen LogP) is 5.78. The first kappa shape index (κ1) is 17.7. The van der Waals surface area contributed by atoms with Crippen LogP contribution in [-0.2, 0) is 0 Å². The summed E-state index contributed by atoms with van der Waals surface area (Å²) in [6, 6.07) is 15.7. The first-order chi connectivity index (χ1) is 12.0. The van der Waals surface area contributed by atoms with Crippen LogP contribution in [0.15, 0.2) is 68.6 Å².